The maximum Gasteiger partial charge on any atom is 0.346 e. The molecule has 1 aromatic rings. The molecule has 4 heterocycles. The van der Waals surface area contributed by atoms with Crippen LogP contribution < -0.4 is 10.8 Å². The zero-order chi connectivity index (χ0) is 20.4. The third-order valence-electron chi connectivity index (χ3n) is 5.57. The Hall–Kier alpha value is -2.06. The van der Waals surface area contributed by atoms with Gasteiger partial charge in [-0.1, -0.05) is 0 Å². The molecule has 1 aromatic heterocycles. The van der Waals surface area contributed by atoms with Gasteiger partial charge in [0.1, 0.15) is 17.4 Å². The third kappa shape index (κ3) is 4.59. The lowest BCUT2D eigenvalue weighted by Gasteiger charge is -2.29. The predicted molar refractivity (Wildman–Crippen MR) is 97.0 cm³/mol. The van der Waals surface area contributed by atoms with Crippen LogP contribution in [0.5, 0.6) is 0 Å². The van der Waals surface area contributed by atoms with Crippen LogP contribution in [0.4, 0.5) is 4.79 Å². The first-order valence-electron chi connectivity index (χ1n) is 9.49. The second kappa shape index (κ2) is 8.75. The smallest absolute Gasteiger partial charge is 0.346 e. The number of fused-ring (bicyclic) bond motifs is 2. The van der Waals surface area contributed by atoms with Crippen LogP contribution >= 0.6 is 0 Å². The number of amides is 3. The Kier molecular flexibility index (Phi) is 6.10. The molecule has 3 aliphatic rings. The standard InChI is InChI=1S/C16H24N6O6S/c23-15(14-2-1-13-8-21(14)16(24)22(13)28-29(25)26)19-27-9-12-5-11(6-18-12)7-20-4-3-17-10-20/h3-4,10-14,18H,1-2,5-9H2,(H,19,23)(H,25,26)/p-1/t11-,12-,13?,14?/m1/s1. The highest BCUT2D eigenvalue weighted by atomic mass is 32.2. The number of piperidine rings is 1. The number of urea groups is 1. The van der Waals surface area contributed by atoms with E-state index in [9.17, 15) is 18.4 Å². The molecule has 3 amide bonds. The van der Waals surface area contributed by atoms with Gasteiger partial charge in [0.25, 0.3) is 5.91 Å². The first kappa shape index (κ1) is 20.2. The van der Waals surface area contributed by atoms with Crippen molar-refractivity contribution in [1.29, 1.82) is 0 Å². The van der Waals surface area contributed by atoms with Gasteiger partial charge in [-0.15, -0.1) is 0 Å². The molecule has 0 spiro atoms. The molecule has 29 heavy (non-hydrogen) atoms. The molecule has 0 radical (unpaired) electrons. The van der Waals surface area contributed by atoms with Gasteiger partial charge in [0.15, 0.2) is 0 Å². The predicted octanol–water partition coefficient (Wildman–Crippen LogP) is -1.10. The van der Waals surface area contributed by atoms with Crippen LogP contribution in [-0.2, 0) is 31.8 Å². The largest absolute Gasteiger partial charge is 0.748 e. The van der Waals surface area contributed by atoms with Gasteiger partial charge < -0.3 is 19.3 Å². The van der Waals surface area contributed by atoms with Crippen molar-refractivity contribution in [3.8, 4) is 0 Å². The van der Waals surface area contributed by atoms with Gasteiger partial charge in [0.05, 0.1) is 19.0 Å². The number of hydroxylamine groups is 3. The first-order chi connectivity index (χ1) is 14.0. The van der Waals surface area contributed by atoms with E-state index in [0.29, 0.717) is 25.4 Å². The highest BCUT2D eigenvalue weighted by Crippen LogP contribution is 2.30. The molecule has 160 valence electrons. The molecule has 0 aliphatic carbocycles. The van der Waals surface area contributed by atoms with Crippen LogP contribution in [0.15, 0.2) is 18.7 Å². The SMILES string of the molecule is O=C(NOC[C@H]1C[C@@H](Cn2ccnc2)CN1)C1CCC2CN1C(=O)N2OS(=O)[O-]. The maximum absolute atomic E-state index is 12.5. The second-order valence-electron chi connectivity index (χ2n) is 7.53. The molecule has 3 aliphatic heterocycles. The van der Waals surface area contributed by atoms with Crippen LogP contribution in [0.2, 0.25) is 0 Å². The average Bonchev–Trinajstić information content (AvgIpc) is 3.41. The lowest BCUT2D eigenvalue weighted by Crippen LogP contribution is -2.50. The number of carbonyl (C=O) groups is 2. The maximum atomic E-state index is 12.5. The number of rotatable bonds is 8. The molecular weight excluding hydrogens is 404 g/mol. The minimum Gasteiger partial charge on any atom is -0.748 e. The molecule has 4 rings (SSSR count). The molecular formula is C16H23N6O6S-. The summed E-state index contributed by atoms with van der Waals surface area (Å²) in [5.41, 5.74) is 2.43. The van der Waals surface area contributed by atoms with E-state index in [1.807, 2.05) is 10.8 Å². The van der Waals surface area contributed by atoms with Crippen molar-refractivity contribution in [1.82, 2.24) is 30.3 Å². The zero-order valence-corrected chi connectivity index (χ0v) is 16.5. The Morgan fingerprint density at radius 2 is 2.31 bits per heavy atom. The molecule has 13 heteroatoms. The quantitative estimate of drug-likeness (QED) is 0.394. The number of imidazole rings is 1. The summed E-state index contributed by atoms with van der Waals surface area (Å²) in [4.78, 5) is 35.5. The van der Waals surface area contributed by atoms with E-state index in [4.69, 9.17) is 4.84 Å². The highest BCUT2D eigenvalue weighted by molar-refractivity contribution is 7.74. The molecule has 3 unspecified atom stereocenters. The lowest BCUT2D eigenvalue weighted by atomic mass is 10.0. The molecule has 2 N–H and O–H groups in total. The van der Waals surface area contributed by atoms with Crippen molar-refractivity contribution in [2.24, 2.45) is 5.92 Å². The molecule has 5 atom stereocenters. The van der Waals surface area contributed by atoms with Crippen LogP contribution in [0.3, 0.4) is 0 Å². The molecule has 3 fully saturated rings. The van der Waals surface area contributed by atoms with E-state index < -0.39 is 29.3 Å². The summed E-state index contributed by atoms with van der Waals surface area (Å²) >= 11 is -2.84. The van der Waals surface area contributed by atoms with E-state index in [0.717, 1.165) is 24.6 Å². The monoisotopic (exact) mass is 427 g/mol. The minimum absolute atomic E-state index is 0.129. The van der Waals surface area contributed by atoms with Crippen LogP contribution in [0.1, 0.15) is 19.3 Å². The minimum atomic E-state index is -2.84. The Balaban J connectivity index is 1.20. The normalized spacial score (nSPS) is 30.0. The summed E-state index contributed by atoms with van der Waals surface area (Å²) in [6.45, 7) is 2.31. The van der Waals surface area contributed by atoms with Crippen LogP contribution in [0, 0.1) is 5.92 Å². The fourth-order valence-corrected chi connectivity index (χ4v) is 4.53. The summed E-state index contributed by atoms with van der Waals surface area (Å²) < 4.78 is 28.1. The Bertz CT molecular complexity index is 763. The van der Waals surface area contributed by atoms with Crippen molar-refractivity contribution in [2.45, 2.75) is 43.9 Å². The Labute approximate surface area is 169 Å². The van der Waals surface area contributed by atoms with E-state index in [1.165, 1.54) is 4.90 Å². The number of nitrogens with zero attached hydrogens (tertiary/aromatic N) is 4. The first-order valence-corrected chi connectivity index (χ1v) is 10.5. The van der Waals surface area contributed by atoms with E-state index in [-0.39, 0.29) is 18.6 Å². The topological polar surface area (TPSA) is 141 Å². The summed E-state index contributed by atoms with van der Waals surface area (Å²) in [5.74, 6) is 0.0402. The Morgan fingerprint density at radius 1 is 1.45 bits per heavy atom. The van der Waals surface area contributed by atoms with E-state index >= 15 is 0 Å². The van der Waals surface area contributed by atoms with Gasteiger partial charge in [-0.25, -0.2) is 19.5 Å². The van der Waals surface area contributed by atoms with Crippen molar-refractivity contribution < 1.29 is 27.5 Å². The molecule has 0 aromatic carbocycles. The molecule has 12 nitrogen and oxygen atoms in total. The van der Waals surface area contributed by atoms with Crippen molar-refractivity contribution >= 4 is 23.3 Å². The molecule has 0 saturated carbocycles. The second-order valence-corrected chi connectivity index (χ2v) is 8.09. The van der Waals surface area contributed by atoms with Crippen molar-refractivity contribution in [3.63, 3.8) is 0 Å². The van der Waals surface area contributed by atoms with Gasteiger partial charge >= 0.3 is 6.03 Å². The third-order valence-corrected chi connectivity index (χ3v) is 5.85. The van der Waals surface area contributed by atoms with E-state index in [1.54, 1.807) is 12.5 Å². The Morgan fingerprint density at radius 3 is 3.07 bits per heavy atom. The summed E-state index contributed by atoms with van der Waals surface area (Å²) in [6.07, 6.45) is 7.27. The molecule has 2 bridgehead atoms. The van der Waals surface area contributed by atoms with Crippen molar-refractivity contribution in [3.05, 3.63) is 18.7 Å². The van der Waals surface area contributed by atoms with Gasteiger partial charge in [-0.05, 0) is 25.2 Å². The van der Waals surface area contributed by atoms with Gasteiger partial charge in [0.2, 0.25) is 0 Å². The summed E-state index contributed by atoms with van der Waals surface area (Å²) in [5, 5.41) is 4.19. The van der Waals surface area contributed by atoms with Gasteiger partial charge in [0, 0.05) is 38.1 Å². The molecule has 3 saturated heterocycles. The fraction of sp³-hybridized carbons (Fsp3) is 0.688. The highest BCUT2D eigenvalue weighted by Gasteiger charge is 2.48. The fourth-order valence-electron chi connectivity index (χ4n) is 4.21. The number of aromatic nitrogens is 2. The van der Waals surface area contributed by atoms with Gasteiger partial charge in [-0.2, -0.15) is 9.35 Å². The summed E-state index contributed by atoms with van der Waals surface area (Å²) in [7, 11) is 0. The zero-order valence-electron chi connectivity index (χ0n) is 15.6. The van der Waals surface area contributed by atoms with Crippen LogP contribution in [-0.4, -0.2) is 78.0 Å². The number of hydrogen-bond donors (Lipinski definition) is 2. The number of hydrogen-bond acceptors (Lipinski definition) is 8. The van der Waals surface area contributed by atoms with E-state index in [2.05, 4.69) is 20.1 Å². The number of nitrogens with one attached hydrogen (secondary N) is 2. The van der Waals surface area contributed by atoms with Crippen molar-refractivity contribution in [2.75, 3.05) is 19.7 Å². The van der Waals surface area contributed by atoms with Gasteiger partial charge in [-0.3, -0.25) is 9.63 Å². The van der Waals surface area contributed by atoms with Crippen LogP contribution in [0.25, 0.3) is 0 Å². The number of carbonyl (C=O) groups excluding carboxylic acids is 2. The average molecular weight is 427 g/mol. The lowest BCUT2D eigenvalue weighted by molar-refractivity contribution is -0.139. The summed E-state index contributed by atoms with van der Waals surface area (Å²) in [6, 6.07) is -1.58.